The molecule has 0 unspecified atom stereocenters. The summed E-state index contributed by atoms with van der Waals surface area (Å²) in [6.45, 7) is 0.876. The number of carbonyl (C=O) groups excluding carboxylic acids is 1. The molecule has 1 aromatic carbocycles. The predicted molar refractivity (Wildman–Crippen MR) is 89.7 cm³/mol. The monoisotopic (exact) mass is 362 g/mol. The number of hydrogen-bond acceptors (Lipinski definition) is 6. The number of likely N-dealkylation sites (tertiary alicyclic amines) is 1. The molecule has 1 aliphatic heterocycles. The number of amides is 1. The van der Waals surface area contributed by atoms with Crippen molar-refractivity contribution in [2.45, 2.75) is 18.9 Å². The fraction of sp³-hybridized carbons (Fsp3) is 0.312. The van der Waals surface area contributed by atoms with Gasteiger partial charge in [-0.2, -0.15) is 5.10 Å². The van der Waals surface area contributed by atoms with E-state index >= 15 is 0 Å². The summed E-state index contributed by atoms with van der Waals surface area (Å²) in [6, 6.07) is 7.44. The summed E-state index contributed by atoms with van der Waals surface area (Å²) < 4.78 is 5.73. The Morgan fingerprint density at radius 3 is 2.72 bits per heavy atom. The van der Waals surface area contributed by atoms with Crippen LogP contribution in [0.15, 0.2) is 36.5 Å². The molecule has 1 aliphatic rings. The molecule has 3 rings (SSSR count). The summed E-state index contributed by atoms with van der Waals surface area (Å²) in [5.74, 6) is 0.0462. The van der Waals surface area contributed by atoms with Crippen molar-refractivity contribution in [3.8, 4) is 5.88 Å². The minimum Gasteiger partial charge on any atom is -0.473 e. The van der Waals surface area contributed by atoms with Crippen LogP contribution in [0, 0.1) is 10.1 Å². The van der Waals surface area contributed by atoms with Crippen LogP contribution in [0.4, 0.5) is 5.69 Å². The first-order valence-corrected chi connectivity index (χ1v) is 8.10. The van der Waals surface area contributed by atoms with Crippen LogP contribution >= 0.6 is 11.6 Å². The molecular weight excluding hydrogens is 348 g/mol. The smallest absolute Gasteiger partial charge is 0.282 e. The van der Waals surface area contributed by atoms with E-state index in [1.54, 1.807) is 23.2 Å². The molecular formula is C16H15ClN4O4. The van der Waals surface area contributed by atoms with Gasteiger partial charge in [-0.1, -0.05) is 11.6 Å². The van der Waals surface area contributed by atoms with Gasteiger partial charge in [0.05, 0.1) is 4.92 Å². The number of benzene rings is 1. The van der Waals surface area contributed by atoms with Crippen LogP contribution in [0.25, 0.3) is 0 Å². The second-order valence-corrected chi connectivity index (χ2v) is 6.03. The highest BCUT2D eigenvalue weighted by Crippen LogP contribution is 2.26. The van der Waals surface area contributed by atoms with Gasteiger partial charge in [0.25, 0.3) is 11.6 Å². The lowest BCUT2D eigenvalue weighted by Gasteiger charge is -2.31. The number of halogens is 1. The molecule has 8 nitrogen and oxygen atoms in total. The zero-order valence-corrected chi connectivity index (χ0v) is 13.9. The van der Waals surface area contributed by atoms with Crippen LogP contribution in [0.2, 0.25) is 5.02 Å². The standard InChI is InChI=1S/C16H15ClN4O4/c17-11-3-4-14(21(23)24)13(10-11)16(22)20-8-5-12(6-9-20)25-15-2-1-7-18-19-15/h1-4,7,10,12H,5-6,8-9H2. The van der Waals surface area contributed by atoms with Crippen molar-refractivity contribution in [3.05, 3.63) is 57.2 Å². The van der Waals surface area contributed by atoms with Crippen LogP contribution in [0.1, 0.15) is 23.2 Å². The second kappa shape index (κ2) is 7.43. The van der Waals surface area contributed by atoms with Gasteiger partial charge < -0.3 is 9.64 Å². The Kier molecular flexibility index (Phi) is 5.08. The van der Waals surface area contributed by atoms with E-state index in [0.29, 0.717) is 31.8 Å². The highest BCUT2D eigenvalue weighted by atomic mass is 35.5. The average molecular weight is 363 g/mol. The molecule has 2 heterocycles. The van der Waals surface area contributed by atoms with Crippen molar-refractivity contribution in [1.82, 2.24) is 15.1 Å². The van der Waals surface area contributed by atoms with Gasteiger partial charge in [-0.15, -0.1) is 5.10 Å². The number of nitro groups is 1. The van der Waals surface area contributed by atoms with Gasteiger partial charge in [-0.25, -0.2) is 0 Å². The molecule has 0 aliphatic carbocycles. The third-order valence-electron chi connectivity index (χ3n) is 3.95. The first kappa shape index (κ1) is 17.1. The van der Waals surface area contributed by atoms with Gasteiger partial charge >= 0.3 is 0 Å². The maximum Gasteiger partial charge on any atom is 0.282 e. The number of carbonyl (C=O) groups is 1. The summed E-state index contributed by atoms with van der Waals surface area (Å²) in [5, 5.41) is 19.0. The van der Waals surface area contributed by atoms with Gasteiger partial charge in [-0.3, -0.25) is 14.9 Å². The third kappa shape index (κ3) is 4.03. The van der Waals surface area contributed by atoms with Crippen LogP contribution in [0.5, 0.6) is 5.88 Å². The van der Waals surface area contributed by atoms with E-state index in [2.05, 4.69) is 10.2 Å². The fourth-order valence-electron chi connectivity index (χ4n) is 2.71. The fourth-order valence-corrected chi connectivity index (χ4v) is 2.88. The largest absolute Gasteiger partial charge is 0.473 e. The van der Waals surface area contributed by atoms with Crippen LogP contribution in [-0.4, -0.2) is 45.1 Å². The summed E-state index contributed by atoms with van der Waals surface area (Å²) in [4.78, 5) is 24.8. The van der Waals surface area contributed by atoms with Crippen LogP contribution in [-0.2, 0) is 0 Å². The molecule has 0 spiro atoms. The number of aromatic nitrogens is 2. The maximum atomic E-state index is 12.6. The molecule has 1 amide bonds. The molecule has 0 N–H and O–H groups in total. The topological polar surface area (TPSA) is 98.5 Å². The summed E-state index contributed by atoms with van der Waals surface area (Å²) >= 11 is 5.89. The second-order valence-electron chi connectivity index (χ2n) is 5.59. The van der Waals surface area contributed by atoms with Gasteiger partial charge in [0.1, 0.15) is 11.7 Å². The van der Waals surface area contributed by atoms with E-state index < -0.39 is 10.8 Å². The van der Waals surface area contributed by atoms with Crippen molar-refractivity contribution in [2.75, 3.05) is 13.1 Å². The van der Waals surface area contributed by atoms with Crippen LogP contribution in [0.3, 0.4) is 0 Å². The van der Waals surface area contributed by atoms with Gasteiger partial charge in [0.15, 0.2) is 0 Å². The normalized spacial score (nSPS) is 15.0. The van der Waals surface area contributed by atoms with Crippen molar-refractivity contribution in [3.63, 3.8) is 0 Å². The highest BCUT2D eigenvalue weighted by Gasteiger charge is 2.29. The molecule has 25 heavy (non-hydrogen) atoms. The van der Waals surface area contributed by atoms with Crippen molar-refractivity contribution in [2.24, 2.45) is 0 Å². The number of nitro benzene ring substituents is 1. The lowest BCUT2D eigenvalue weighted by atomic mass is 10.1. The summed E-state index contributed by atoms with van der Waals surface area (Å²) in [7, 11) is 0. The van der Waals surface area contributed by atoms with E-state index in [0.717, 1.165) is 0 Å². The number of nitrogens with zero attached hydrogens (tertiary/aromatic N) is 4. The highest BCUT2D eigenvalue weighted by molar-refractivity contribution is 6.31. The maximum absolute atomic E-state index is 12.6. The van der Waals surface area contributed by atoms with Gasteiger partial charge in [0, 0.05) is 49.3 Å². The van der Waals surface area contributed by atoms with Gasteiger partial charge in [0.2, 0.25) is 5.88 Å². The number of piperidine rings is 1. The predicted octanol–water partition coefficient (Wildman–Crippen LogP) is 2.72. The molecule has 130 valence electrons. The SMILES string of the molecule is O=C(c1cc(Cl)ccc1[N+](=O)[O-])N1CCC(Oc2cccnn2)CC1. The molecule has 2 aromatic rings. The summed E-state index contributed by atoms with van der Waals surface area (Å²) in [5.41, 5.74) is -0.238. The minimum absolute atomic E-state index is 0.00537. The Bertz CT molecular complexity index is 779. The molecule has 9 heteroatoms. The Hall–Kier alpha value is -2.74. The lowest BCUT2D eigenvalue weighted by Crippen LogP contribution is -2.42. The summed E-state index contributed by atoms with van der Waals surface area (Å²) in [6.07, 6.45) is 2.70. The number of hydrogen-bond donors (Lipinski definition) is 0. The molecule has 0 bridgehead atoms. The zero-order valence-electron chi connectivity index (χ0n) is 13.2. The lowest BCUT2D eigenvalue weighted by molar-refractivity contribution is -0.385. The van der Waals surface area contributed by atoms with Crippen LogP contribution < -0.4 is 4.74 Å². The Morgan fingerprint density at radius 2 is 2.08 bits per heavy atom. The van der Waals surface area contributed by atoms with E-state index in [1.807, 2.05) is 0 Å². The first-order valence-electron chi connectivity index (χ1n) is 7.72. The van der Waals surface area contributed by atoms with E-state index in [-0.39, 0.29) is 22.4 Å². The zero-order chi connectivity index (χ0) is 17.8. The average Bonchev–Trinajstić information content (AvgIpc) is 2.62. The quantitative estimate of drug-likeness (QED) is 0.612. The van der Waals surface area contributed by atoms with Crippen molar-refractivity contribution in [1.29, 1.82) is 0 Å². The van der Waals surface area contributed by atoms with Crippen molar-refractivity contribution >= 4 is 23.2 Å². The van der Waals surface area contributed by atoms with Crippen molar-refractivity contribution < 1.29 is 14.5 Å². The van der Waals surface area contributed by atoms with Gasteiger partial charge in [-0.05, 0) is 18.2 Å². The molecule has 0 radical (unpaired) electrons. The van der Waals surface area contributed by atoms with E-state index in [1.165, 1.54) is 18.2 Å². The Morgan fingerprint density at radius 1 is 1.32 bits per heavy atom. The minimum atomic E-state index is -0.576. The van der Waals surface area contributed by atoms with E-state index in [9.17, 15) is 14.9 Å². The van der Waals surface area contributed by atoms with E-state index in [4.69, 9.17) is 16.3 Å². The Labute approximate surface area is 148 Å². The number of ether oxygens (including phenoxy) is 1. The molecule has 0 saturated carbocycles. The molecule has 1 aromatic heterocycles. The molecule has 1 fully saturated rings. The first-order chi connectivity index (χ1) is 12.0. The molecule has 0 atom stereocenters. The molecule has 1 saturated heterocycles. The third-order valence-corrected chi connectivity index (χ3v) is 4.19. The Balaban J connectivity index is 1.66. The number of rotatable bonds is 4.